The Hall–Kier alpha value is -3.06. The Labute approximate surface area is 181 Å². The maximum absolute atomic E-state index is 12.3. The van der Waals surface area contributed by atoms with Gasteiger partial charge in [-0.1, -0.05) is 54.2 Å². The third-order valence-corrected chi connectivity index (χ3v) is 5.58. The van der Waals surface area contributed by atoms with E-state index in [0.29, 0.717) is 17.5 Å². The SMILES string of the molecule is C=CCNC(=O)[C@H](C)Sc1nnc(COc2c(C)cccc2C)n1-c1ccccc1. The molecule has 1 heterocycles. The minimum Gasteiger partial charge on any atom is -0.485 e. The molecule has 0 bridgehead atoms. The predicted molar refractivity (Wildman–Crippen MR) is 120 cm³/mol. The number of nitrogens with one attached hydrogen (secondary N) is 1. The molecule has 3 aromatic rings. The van der Waals surface area contributed by atoms with Crippen LogP contribution in [-0.4, -0.2) is 32.5 Å². The van der Waals surface area contributed by atoms with Crippen molar-refractivity contribution in [3.8, 4) is 11.4 Å². The van der Waals surface area contributed by atoms with Gasteiger partial charge in [-0.15, -0.1) is 16.8 Å². The van der Waals surface area contributed by atoms with Crippen molar-refractivity contribution >= 4 is 17.7 Å². The number of thioether (sulfide) groups is 1. The molecule has 6 nitrogen and oxygen atoms in total. The van der Waals surface area contributed by atoms with Gasteiger partial charge >= 0.3 is 0 Å². The van der Waals surface area contributed by atoms with Crippen LogP contribution in [0.15, 0.2) is 66.3 Å². The van der Waals surface area contributed by atoms with E-state index in [1.165, 1.54) is 11.8 Å². The van der Waals surface area contributed by atoms with Crippen LogP contribution in [0.5, 0.6) is 5.75 Å². The molecule has 30 heavy (non-hydrogen) atoms. The van der Waals surface area contributed by atoms with Gasteiger partial charge in [-0.2, -0.15) is 0 Å². The Morgan fingerprint density at radius 2 is 1.87 bits per heavy atom. The van der Waals surface area contributed by atoms with Gasteiger partial charge in [0.2, 0.25) is 5.91 Å². The Morgan fingerprint density at radius 1 is 1.17 bits per heavy atom. The zero-order chi connectivity index (χ0) is 21.5. The maximum Gasteiger partial charge on any atom is 0.233 e. The van der Waals surface area contributed by atoms with Gasteiger partial charge in [0.05, 0.1) is 5.25 Å². The van der Waals surface area contributed by atoms with Gasteiger partial charge in [0.15, 0.2) is 11.0 Å². The van der Waals surface area contributed by atoms with Crippen molar-refractivity contribution in [1.82, 2.24) is 20.1 Å². The Bertz CT molecular complexity index is 997. The second-order valence-corrected chi connectivity index (χ2v) is 8.18. The Morgan fingerprint density at radius 3 is 2.53 bits per heavy atom. The number of ether oxygens (including phenoxy) is 1. The van der Waals surface area contributed by atoms with Crippen LogP contribution >= 0.6 is 11.8 Å². The van der Waals surface area contributed by atoms with Crippen molar-refractivity contribution in [1.29, 1.82) is 0 Å². The number of benzene rings is 2. The lowest BCUT2D eigenvalue weighted by Gasteiger charge is -2.15. The van der Waals surface area contributed by atoms with E-state index in [9.17, 15) is 4.79 Å². The first-order valence-electron chi connectivity index (χ1n) is 9.75. The number of aryl methyl sites for hydroxylation is 2. The number of aromatic nitrogens is 3. The number of hydrogen-bond donors (Lipinski definition) is 1. The van der Waals surface area contributed by atoms with Crippen LogP contribution < -0.4 is 10.1 Å². The van der Waals surface area contributed by atoms with Crippen molar-refractivity contribution in [2.24, 2.45) is 0 Å². The lowest BCUT2D eigenvalue weighted by Crippen LogP contribution is -2.31. The van der Waals surface area contributed by atoms with E-state index in [4.69, 9.17) is 4.74 Å². The second kappa shape index (κ2) is 10.1. The van der Waals surface area contributed by atoms with E-state index in [1.807, 2.05) is 73.9 Å². The molecule has 0 saturated carbocycles. The van der Waals surface area contributed by atoms with Gasteiger partial charge in [-0.05, 0) is 44.0 Å². The molecule has 0 radical (unpaired) electrons. The molecule has 0 saturated heterocycles. The lowest BCUT2D eigenvalue weighted by molar-refractivity contribution is -0.120. The summed E-state index contributed by atoms with van der Waals surface area (Å²) in [7, 11) is 0. The summed E-state index contributed by atoms with van der Waals surface area (Å²) in [6.45, 7) is 10.2. The molecule has 1 atom stereocenters. The highest BCUT2D eigenvalue weighted by molar-refractivity contribution is 8.00. The van der Waals surface area contributed by atoms with E-state index in [1.54, 1.807) is 6.08 Å². The molecule has 1 amide bonds. The van der Waals surface area contributed by atoms with Crippen LogP contribution in [0, 0.1) is 13.8 Å². The van der Waals surface area contributed by atoms with Crippen LogP contribution in [-0.2, 0) is 11.4 Å². The Balaban J connectivity index is 1.87. The summed E-state index contributed by atoms with van der Waals surface area (Å²) in [5.74, 6) is 1.45. The second-order valence-electron chi connectivity index (χ2n) is 6.87. The molecule has 3 rings (SSSR count). The number of amides is 1. The first-order valence-corrected chi connectivity index (χ1v) is 10.6. The van der Waals surface area contributed by atoms with Crippen molar-refractivity contribution in [2.45, 2.75) is 37.8 Å². The van der Waals surface area contributed by atoms with Crippen LogP contribution in [0.1, 0.15) is 23.9 Å². The van der Waals surface area contributed by atoms with Crippen LogP contribution in [0.3, 0.4) is 0 Å². The fraction of sp³-hybridized carbons (Fsp3) is 0.261. The van der Waals surface area contributed by atoms with E-state index in [0.717, 1.165) is 22.6 Å². The van der Waals surface area contributed by atoms with E-state index < -0.39 is 0 Å². The predicted octanol–water partition coefficient (Wildman–Crippen LogP) is 4.25. The van der Waals surface area contributed by atoms with E-state index in [-0.39, 0.29) is 17.8 Å². The van der Waals surface area contributed by atoms with Crippen LogP contribution in [0.2, 0.25) is 0 Å². The standard InChI is InChI=1S/C23H26N4O2S/c1-5-14-24-22(28)18(4)30-23-26-25-20(27(23)19-12-7-6-8-13-19)15-29-21-16(2)10-9-11-17(21)3/h5-13,18H,1,14-15H2,2-4H3,(H,24,28)/t18-/m0/s1. The number of para-hydroxylation sites is 2. The van der Waals surface area contributed by atoms with Gasteiger partial charge in [0.25, 0.3) is 0 Å². The quantitative estimate of drug-likeness (QED) is 0.412. The van der Waals surface area contributed by atoms with Crippen LogP contribution in [0.4, 0.5) is 0 Å². The fourth-order valence-electron chi connectivity index (χ4n) is 3.00. The topological polar surface area (TPSA) is 69.0 Å². The monoisotopic (exact) mass is 422 g/mol. The summed E-state index contributed by atoms with van der Waals surface area (Å²) in [5.41, 5.74) is 3.06. The number of nitrogens with zero attached hydrogens (tertiary/aromatic N) is 3. The molecule has 0 aliphatic heterocycles. The molecule has 0 unspecified atom stereocenters. The Kier molecular flexibility index (Phi) is 7.30. The number of carbonyl (C=O) groups is 1. The zero-order valence-electron chi connectivity index (χ0n) is 17.5. The largest absolute Gasteiger partial charge is 0.485 e. The van der Waals surface area contributed by atoms with Gasteiger partial charge < -0.3 is 10.1 Å². The molecule has 0 aliphatic rings. The fourth-order valence-corrected chi connectivity index (χ4v) is 3.91. The molecule has 1 aromatic heterocycles. The van der Waals surface area contributed by atoms with Gasteiger partial charge in [0, 0.05) is 12.2 Å². The summed E-state index contributed by atoms with van der Waals surface area (Å²) in [6.07, 6.45) is 1.66. The summed E-state index contributed by atoms with van der Waals surface area (Å²) in [5, 5.41) is 11.8. The first kappa shape index (κ1) is 21.6. The summed E-state index contributed by atoms with van der Waals surface area (Å²) < 4.78 is 8.05. The van der Waals surface area contributed by atoms with Gasteiger partial charge in [-0.3, -0.25) is 9.36 Å². The molecule has 1 N–H and O–H groups in total. The average Bonchev–Trinajstić information content (AvgIpc) is 3.14. The lowest BCUT2D eigenvalue weighted by atomic mass is 10.1. The van der Waals surface area contributed by atoms with Gasteiger partial charge in [0.1, 0.15) is 12.4 Å². The van der Waals surface area contributed by atoms with Crippen molar-refractivity contribution in [2.75, 3.05) is 6.54 Å². The van der Waals surface area contributed by atoms with Crippen molar-refractivity contribution in [3.05, 3.63) is 78.1 Å². The summed E-state index contributed by atoms with van der Waals surface area (Å²) >= 11 is 1.36. The maximum atomic E-state index is 12.3. The third kappa shape index (κ3) is 5.10. The molecular weight excluding hydrogens is 396 g/mol. The molecule has 7 heteroatoms. The average molecular weight is 423 g/mol. The molecular formula is C23H26N4O2S. The number of carbonyl (C=O) groups excluding carboxylic acids is 1. The smallest absolute Gasteiger partial charge is 0.233 e. The first-order chi connectivity index (χ1) is 14.5. The number of rotatable bonds is 9. The third-order valence-electron chi connectivity index (χ3n) is 4.54. The minimum absolute atomic E-state index is 0.0733. The molecule has 0 aliphatic carbocycles. The highest BCUT2D eigenvalue weighted by atomic mass is 32.2. The van der Waals surface area contributed by atoms with E-state index in [2.05, 4.69) is 22.1 Å². The van der Waals surface area contributed by atoms with E-state index >= 15 is 0 Å². The van der Waals surface area contributed by atoms with Crippen molar-refractivity contribution < 1.29 is 9.53 Å². The normalized spacial score (nSPS) is 11.7. The van der Waals surface area contributed by atoms with Gasteiger partial charge in [-0.25, -0.2) is 0 Å². The molecule has 0 spiro atoms. The summed E-state index contributed by atoms with van der Waals surface area (Å²) in [4.78, 5) is 12.3. The van der Waals surface area contributed by atoms with Crippen LogP contribution in [0.25, 0.3) is 5.69 Å². The minimum atomic E-state index is -0.330. The molecule has 156 valence electrons. The molecule has 0 fully saturated rings. The zero-order valence-corrected chi connectivity index (χ0v) is 18.3. The van der Waals surface area contributed by atoms with Crippen molar-refractivity contribution in [3.63, 3.8) is 0 Å². The molecule has 2 aromatic carbocycles. The highest BCUT2D eigenvalue weighted by Crippen LogP contribution is 2.28. The highest BCUT2D eigenvalue weighted by Gasteiger charge is 2.21. The summed E-state index contributed by atoms with van der Waals surface area (Å²) in [6, 6.07) is 15.9. The number of hydrogen-bond acceptors (Lipinski definition) is 5.